The van der Waals surface area contributed by atoms with Crippen molar-refractivity contribution in [2.75, 3.05) is 12.3 Å². The molecule has 86 valence electrons. The molecule has 0 saturated carbocycles. The minimum atomic E-state index is -0.454. The molecule has 0 aliphatic carbocycles. The Hall–Kier alpha value is -1.63. The largest absolute Gasteiger partial charge is 0.375 e. The number of rotatable bonds is 2. The fraction of sp³-hybridized carbons (Fsp3) is 0.444. The Morgan fingerprint density at radius 2 is 2.50 bits per heavy atom. The lowest BCUT2D eigenvalue weighted by atomic mass is 10.1. The lowest BCUT2D eigenvalue weighted by molar-refractivity contribution is -0.124. The van der Waals surface area contributed by atoms with Gasteiger partial charge in [-0.2, -0.15) is 0 Å². The van der Waals surface area contributed by atoms with Crippen LogP contribution in [0.3, 0.4) is 0 Å². The lowest BCUT2D eigenvalue weighted by Gasteiger charge is -2.22. The number of thiazole rings is 1. The molecular formula is C9H12N4O2S. The van der Waals surface area contributed by atoms with Gasteiger partial charge in [0.05, 0.1) is 0 Å². The minimum Gasteiger partial charge on any atom is -0.375 e. The first-order valence-electron chi connectivity index (χ1n) is 4.96. The van der Waals surface area contributed by atoms with E-state index in [9.17, 15) is 9.59 Å². The van der Waals surface area contributed by atoms with E-state index in [1.807, 2.05) is 0 Å². The number of amides is 2. The number of nitrogen functional groups attached to an aromatic ring is 1. The standard InChI is InChI=1S/C9H12N4O2S/c10-9-13-6(4-16-9)8(15)12-5-2-1-3-11-7(5)14/h4-5H,1-3H2,(H2,10,13)(H,11,14)(H,12,15). The fourth-order valence-corrected chi connectivity index (χ4v) is 2.08. The summed E-state index contributed by atoms with van der Waals surface area (Å²) in [5, 5.41) is 7.25. The van der Waals surface area contributed by atoms with Crippen LogP contribution in [-0.2, 0) is 4.79 Å². The second-order valence-corrected chi connectivity index (χ2v) is 4.42. The molecule has 1 aromatic heterocycles. The lowest BCUT2D eigenvalue weighted by Crippen LogP contribution is -2.50. The van der Waals surface area contributed by atoms with Gasteiger partial charge in [-0.05, 0) is 12.8 Å². The molecular weight excluding hydrogens is 228 g/mol. The number of aromatic nitrogens is 1. The molecule has 1 atom stereocenters. The summed E-state index contributed by atoms with van der Waals surface area (Å²) >= 11 is 1.20. The van der Waals surface area contributed by atoms with Gasteiger partial charge >= 0.3 is 0 Å². The Morgan fingerprint density at radius 3 is 3.12 bits per heavy atom. The number of carbonyl (C=O) groups is 2. The molecule has 1 aliphatic rings. The highest BCUT2D eigenvalue weighted by atomic mass is 32.1. The average Bonchev–Trinajstić information content (AvgIpc) is 2.68. The Kier molecular flexibility index (Phi) is 3.04. The molecule has 1 unspecified atom stereocenters. The van der Waals surface area contributed by atoms with Crippen LogP contribution in [0.5, 0.6) is 0 Å². The van der Waals surface area contributed by atoms with E-state index in [1.54, 1.807) is 5.38 Å². The zero-order chi connectivity index (χ0) is 11.5. The van der Waals surface area contributed by atoms with Crippen LogP contribution < -0.4 is 16.4 Å². The number of nitrogens with one attached hydrogen (secondary N) is 2. The minimum absolute atomic E-state index is 0.136. The summed E-state index contributed by atoms with van der Waals surface area (Å²) in [4.78, 5) is 26.9. The van der Waals surface area contributed by atoms with Crippen LogP contribution in [0.4, 0.5) is 5.13 Å². The highest BCUT2D eigenvalue weighted by molar-refractivity contribution is 7.13. The predicted octanol–water partition coefficient (Wildman–Crippen LogP) is -0.266. The van der Waals surface area contributed by atoms with E-state index in [0.29, 0.717) is 18.1 Å². The van der Waals surface area contributed by atoms with Crippen molar-refractivity contribution in [2.45, 2.75) is 18.9 Å². The van der Waals surface area contributed by atoms with E-state index in [4.69, 9.17) is 5.73 Å². The molecule has 1 fully saturated rings. The first-order valence-corrected chi connectivity index (χ1v) is 5.84. The van der Waals surface area contributed by atoms with Crippen LogP contribution in [-0.4, -0.2) is 29.4 Å². The van der Waals surface area contributed by atoms with Crippen LogP contribution in [0, 0.1) is 0 Å². The summed E-state index contributed by atoms with van der Waals surface area (Å²) < 4.78 is 0. The van der Waals surface area contributed by atoms with Gasteiger partial charge in [-0.3, -0.25) is 9.59 Å². The number of piperidine rings is 1. The van der Waals surface area contributed by atoms with E-state index in [0.717, 1.165) is 6.42 Å². The highest BCUT2D eigenvalue weighted by Crippen LogP contribution is 2.11. The summed E-state index contributed by atoms with van der Waals surface area (Å²) in [5.74, 6) is -0.488. The quantitative estimate of drug-likeness (QED) is 0.663. The first-order chi connectivity index (χ1) is 7.66. The summed E-state index contributed by atoms with van der Waals surface area (Å²) in [5.41, 5.74) is 5.69. The van der Waals surface area contributed by atoms with Gasteiger partial charge in [-0.15, -0.1) is 11.3 Å². The van der Waals surface area contributed by atoms with Gasteiger partial charge in [0.2, 0.25) is 5.91 Å². The molecule has 2 rings (SSSR count). The van der Waals surface area contributed by atoms with Crippen molar-refractivity contribution in [3.05, 3.63) is 11.1 Å². The summed E-state index contributed by atoms with van der Waals surface area (Å²) in [6.45, 7) is 0.675. The van der Waals surface area contributed by atoms with Gasteiger partial charge < -0.3 is 16.4 Å². The maximum atomic E-state index is 11.7. The maximum Gasteiger partial charge on any atom is 0.271 e. The second-order valence-electron chi connectivity index (χ2n) is 3.53. The van der Waals surface area contributed by atoms with Gasteiger partial charge in [-0.25, -0.2) is 4.98 Å². The third-order valence-corrected chi connectivity index (χ3v) is 3.02. The van der Waals surface area contributed by atoms with Crippen LogP contribution in [0.1, 0.15) is 23.3 Å². The number of nitrogens with two attached hydrogens (primary N) is 1. The maximum absolute atomic E-state index is 11.7. The molecule has 1 aromatic rings. The number of nitrogens with zero attached hydrogens (tertiary/aromatic N) is 1. The highest BCUT2D eigenvalue weighted by Gasteiger charge is 2.24. The topological polar surface area (TPSA) is 97.1 Å². The second kappa shape index (κ2) is 4.48. The van der Waals surface area contributed by atoms with Crippen LogP contribution in [0.2, 0.25) is 0 Å². The fourth-order valence-electron chi connectivity index (χ4n) is 1.53. The molecule has 0 radical (unpaired) electrons. The molecule has 6 nitrogen and oxygen atoms in total. The van der Waals surface area contributed by atoms with Crippen molar-refractivity contribution < 1.29 is 9.59 Å². The third kappa shape index (κ3) is 2.30. The normalized spacial score (nSPS) is 20.2. The number of hydrogen-bond donors (Lipinski definition) is 3. The predicted molar refractivity (Wildman–Crippen MR) is 60.0 cm³/mol. The van der Waals surface area contributed by atoms with Crippen LogP contribution in [0.25, 0.3) is 0 Å². The van der Waals surface area contributed by atoms with Crippen molar-refractivity contribution in [1.29, 1.82) is 0 Å². The van der Waals surface area contributed by atoms with Gasteiger partial charge in [0.1, 0.15) is 11.7 Å². The van der Waals surface area contributed by atoms with Gasteiger partial charge in [0.15, 0.2) is 5.13 Å². The molecule has 2 heterocycles. The molecule has 0 spiro atoms. The Bertz CT molecular complexity index is 417. The van der Waals surface area contributed by atoms with E-state index in [-0.39, 0.29) is 17.5 Å². The van der Waals surface area contributed by atoms with E-state index < -0.39 is 6.04 Å². The Morgan fingerprint density at radius 1 is 1.69 bits per heavy atom. The van der Waals surface area contributed by atoms with E-state index in [1.165, 1.54) is 11.3 Å². The molecule has 1 aliphatic heterocycles. The van der Waals surface area contributed by atoms with Gasteiger partial charge in [-0.1, -0.05) is 0 Å². The average molecular weight is 240 g/mol. The number of anilines is 1. The molecule has 0 aromatic carbocycles. The third-order valence-electron chi connectivity index (χ3n) is 2.35. The summed E-state index contributed by atoms with van der Waals surface area (Å²) in [6.07, 6.45) is 1.53. The smallest absolute Gasteiger partial charge is 0.271 e. The van der Waals surface area contributed by atoms with Crippen molar-refractivity contribution in [3.8, 4) is 0 Å². The van der Waals surface area contributed by atoms with E-state index in [2.05, 4.69) is 15.6 Å². The first kappa shape index (κ1) is 10.9. The van der Waals surface area contributed by atoms with Crippen molar-refractivity contribution in [2.24, 2.45) is 0 Å². The van der Waals surface area contributed by atoms with E-state index >= 15 is 0 Å². The Labute approximate surface area is 96.2 Å². The van der Waals surface area contributed by atoms with Crippen LogP contribution in [0.15, 0.2) is 5.38 Å². The molecule has 4 N–H and O–H groups in total. The molecule has 16 heavy (non-hydrogen) atoms. The number of carbonyl (C=O) groups excluding carboxylic acids is 2. The summed E-state index contributed by atoms with van der Waals surface area (Å²) in [6, 6.07) is -0.454. The molecule has 0 bridgehead atoms. The monoisotopic (exact) mass is 240 g/mol. The van der Waals surface area contributed by atoms with Crippen molar-refractivity contribution in [3.63, 3.8) is 0 Å². The van der Waals surface area contributed by atoms with Crippen molar-refractivity contribution >= 4 is 28.3 Å². The summed E-state index contributed by atoms with van der Waals surface area (Å²) in [7, 11) is 0. The van der Waals surface area contributed by atoms with Gasteiger partial charge in [0, 0.05) is 11.9 Å². The van der Waals surface area contributed by atoms with Gasteiger partial charge in [0.25, 0.3) is 5.91 Å². The number of hydrogen-bond acceptors (Lipinski definition) is 5. The molecule has 1 saturated heterocycles. The van der Waals surface area contributed by atoms with Crippen LogP contribution >= 0.6 is 11.3 Å². The zero-order valence-corrected chi connectivity index (χ0v) is 9.34. The Balaban J connectivity index is 1.99. The van der Waals surface area contributed by atoms with Crippen molar-refractivity contribution in [1.82, 2.24) is 15.6 Å². The zero-order valence-electron chi connectivity index (χ0n) is 8.53. The molecule has 7 heteroatoms. The SMILES string of the molecule is Nc1nc(C(=O)NC2CCCNC2=O)cs1. The molecule has 2 amide bonds.